The van der Waals surface area contributed by atoms with E-state index in [-0.39, 0.29) is 15.4 Å². The van der Waals surface area contributed by atoms with Crippen LogP contribution in [0.5, 0.6) is 0 Å². The molecule has 0 unspecified atom stereocenters. The van der Waals surface area contributed by atoms with Gasteiger partial charge < -0.3 is 5.32 Å². The lowest BCUT2D eigenvalue weighted by atomic mass is 10.2. The molecule has 0 heterocycles. The molecule has 4 aromatic carbocycles. The Labute approximate surface area is 237 Å². The molecule has 202 valence electrons. The van der Waals surface area contributed by atoms with E-state index in [0.717, 1.165) is 9.87 Å². The zero-order valence-corrected chi connectivity index (χ0v) is 23.9. The SMILES string of the molecule is Cc1ccc(NS(=O)(=O)c2ccc(NC(=O)c3ccc(N(C)S(=O)(=O)c4ccc(Cl)cc4)cc3)cc2)cc1Cl. The van der Waals surface area contributed by atoms with Crippen LogP contribution in [0.15, 0.2) is 101 Å². The molecule has 2 N–H and O–H groups in total. The molecule has 12 heteroatoms. The van der Waals surface area contributed by atoms with E-state index in [1.807, 2.05) is 6.92 Å². The number of sulfonamides is 2. The molecule has 8 nitrogen and oxygen atoms in total. The largest absolute Gasteiger partial charge is 0.322 e. The highest BCUT2D eigenvalue weighted by Crippen LogP contribution is 2.25. The Morgan fingerprint density at radius 2 is 1.31 bits per heavy atom. The van der Waals surface area contributed by atoms with E-state index in [9.17, 15) is 21.6 Å². The fourth-order valence-electron chi connectivity index (χ4n) is 3.52. The summed E-state index contributed by atoms with van der Waals surface area (Å²) in [7, 11) is -6.27. The zero-order chi connectivity index (χ0) is 28.4. The quantitative estimate of drug-likeness (QED) is 0.250. The monoisotopic (exact) mass is 603 g/mol. The lowest BCUT2D eigenvalue weighted by molar-refractivity contribution is 0.102. The predicted molar refractivity (Wildman–Crippen MR) is 155 cm³/mol. The standard InChI is InChI=1S/C27H23Cl2N3O5S2/c1-18-3-8-22(17-26(18)29)31-38(34,35)24-15-9-21(10-16-24)30-27(33)19-4-11-23(12-5-19)32(2)39(36,37)25-13-6-20(28)7-14-25/h3-17,31H,1-2H3,(H,30,33). The van der Waals surface area contributed by atoms with Gasteiger partial charge in [0.05, 0.1) is 21.2 Å². The maximum absolute atomic E-state index is 12.9. The van der Waals surface area contributed by atoms with Crippen LogP contribution in [0.1, 0.15) is 15.9 Å². The van der Waals surface area contributed by atoms with Crippen LogP contribution >= 0.6 is 23.2 Å². The molecule has 39 heavy (non-hydrogen) atoms. The van der Waals surface area contributed by atoms with Crippen LogP contribution in [0.25, 0.3) is 0 Å². The second-order valence-corrected chi connectivity index (χ2v) is 13.0. The Bertz CT molecular complexity index is 1730. The number of rotatable bonds is 8. The van der Waals surface area contributed by atoms with Gasteiger partial charge in [-0.1, -0.05) is 29.3 Å². The van der Waals surface area contributed by atoms with Crippen molar-refractivity contribution in [1.82, 2.24) is 0 Å². The Kier molecular flexibility index (Phi) is 8.22. The van der Waals surface area contributed by atoms with Crippen LogP contribution in [-0.4, -0.2) is 29.8 Å². The van der Waals surface area contributed by atoms with Crippen molar-refractivity contribution in [3.05, 3.63) is 112 Å². The van der Waals surface area contributed by atoms with Gasteiger partial charge in [-0.25, -0.2) is 16.8 Å². The first-order chi connectivity index (χ1) is 18.4. The molecule has 0 fully saturated rings. The fourth-order valence-corrected chi connectivity index (χ4v) is 6.07. The highest BCUT2D eigenvalue weighted by atomic mass is 35.5. The average Bonchev–Trinajstić information content (AvgIpc) is 2.91. The summed E-state index contributed by atoms with van der Waals surface area (Å²) in [6.45, 7) is 1.81. The second kappa shape index (κ2) is 11.3. The molecule has 0 saturated carbocycles. The van der Waals surface area contributed by atoms with Gasteiger partial charge in [-0.2, -0.15) is 0 Å². The van der Waals surface area contributed by atoms with Crippen LogP contribution in [0.3, 0.4) is 0 Å². The lowest BCUT2D eigenvalue weighted by Crippen LogP contribution is -2.26. The number of nitrogens with zero attached hydrogens (tertiary/aromatic N) is 1. The van der Waals surface area contributed by atoms with Gasteiger partial charge in [-0.05, 0) is 97.4 Å². The minimum atomic E-state index is -3.87. The van der Waals surface area contributed by atoms with Crippen LogP contribution in [0.2, 0.25) is 10.0 Å². The molecular weight excluding hydrogens is 581 g/mol. The minimum Gasteiger partial charge on any atom is -0.322 e. The van der Waals surface area contributed by atoms with E-state index in [1.165, 1.54) is 85.9 Å². The van der Waals surface area contributed by atoms with Gasteiger partial charge in [0.25, 0.3) is 26.0 Å². The molecule has 0 aliphatic rings. The second-order valence-electron chi connectivity index (χ2n) is 8.52. The molecular formula is C27H23Cl2N3O5S2. The number of nitrogens with one attached hydrogen (secondary N) is 2. The molecule has 0 bridgehead atoms. The van der Waals surface area contributed by atoms with E-state index in [1.54, 1.807) is 12.1 Å². The number of benzene rings is 4. The maximum Gasteiger partial charge on any atom is 0.264 e. The number of hydrogen-bond acceptors (Lipinski definition) is 5. The number of anilines is 3. The van der Waals surface area contributed by atoms with Crippen molar-refractivity contribution >= 4 is 66.2 Å². The Morgan fingerprint density at radius 3 is 1.90 bits per heavy atom. The number of aryl methyl sites for hydroxylation is 1. The highest BCUT2D eigenvalue weighted by molar-refractivity contribution is 7.93. The van der Waals surface area contributed by atoms with Gasteiger partial charge in [0, 0.05) is 28.3 Å². The smallest absolute Gasteiger partial charge is 0.264 e. The van der Waals surface area contributed by atoms with Gasteiger partial charge in [0.1, 0.15) is 0 Å². The van der Waals surface area contributed by atoms with Crippen LogP contribution in [0.4, 0.5) is 17.1 Å². The summed E-state index contributed by atoms with van der Waals surface area (Å²) in [5.74, 6) is -0.451. The van der Waals surface area contributed by atoms with E-state index in [4.69, 9.17) is 23.2 Å². The average molecular weight is 605 g/mol. The van der Waals surface area contributed by atoms with Crippen molar-refractivity contribution in [1.29, 1.82) is 0 Å². The number of hydrogen-bond donors (Lipinski definition) is 2. The Hall–Kier alpha value is -3.57. The van der Waals surface area contributed by atoms with Crippen LogP contribution in [-0.2, 0) is 20.0 Å². The molecule has 0 aromatic heterocycles. The Balaban J connectivity index is 1.42. The molecule has 0 spiro atoms. The maximum atomic E-state index is 12.9. The summed E-state index contributed by atoms with van der Waals surface area (Å²) in [5.41, 5.74) is 2.18. The first-order valence-electron chi connectivity index (χ1n) is 11.4. The lowest BCUT2D eigenvalue weighted by Gasteiger charge is -2.20. The summed E-state index contributed by atoms with van der Waals surface area (Å²) in [4.78, 5) is 12.8. The van der Waals surface area contributed by atoms with E-state index in [2.05, 4.69) is 10.0 Å². The third kappa shape index (κ3) is 6.54. The van der Waals surface area contributed by atoms with E-state index in [0.29, 0.717) is 27.1 Å². The summed E-state index contributed by atoms with van der Waals surface area (Å²) >= 11 is 11.9. The van der Waals surface area contributed by atoms with Gasteiger partial charge in [0.15, 0.2) is 0 Å². The van der Waals surface area contributed by atoms with Gasteiger partial charge in [-0.15, -0.1) is 0 Å². The van der Waals surface area contributed by atoms with Crippen molar-refractivity contribution in [3.8, 4) is 0 Å². The first kappa shape index (κ1) is 28.4. The third-order valence-corrected chi connectivity index (χ3v) is 9.67. The molecule has 0 aliphatic carbocycles. The number of halogens is 2. The molecule has 0 saturated heterocycles. The van der Waals surface area contributed by atoms with Gasteiger partial charge >= 0.3 is 0 Å². The molecule has 1 amide bonds. The number of carbonyl (C=O) groups excluding carboxylic acids is 1. The van der Waals surface area contributed by atoms with Crippen molar-refractivity contribution in [2.45, 2.75) is 16.7 Å². The summed E-state index contributed by atoms with van der Waals surface area (Å²) in [6, 6.07) is 22.4. The fraction of sp³-hybridized carbons (Fsp3) is 0.0741. The molecule has 0 atom stereocenters. The van der Waals surface area contributed by atoms with Crippen molar-refractivity contribution in [2.75, 3.05) is 21.4 Å². The van der Waals surface area contributed by atoms with Crippen LogP contribution in [0, 0.1) is 6.92 Å². The van der Waals surface area contributed by atoms with Gasteiger partial charge in [0.2, 0.25) is 0 Å². The van der Waals surface area contributed by atoms with Crippen LogP contribution < -0.4 is 14.3 Å². The van der Waals surface area contributed by atoms with E-state index >= 15 is 0 Å². The third-order valence-electron chi connectivity index (χ3n) is 5.81. The summed E-state index contributed by atoms with van der Waals surface area (Å²) in [5, 5.41) is 3.56. The molecule has 0 aliphatic heterocycles. The summed E-state index contributed by atoms with van der Waals surface area (Å²) < 4.78 is 54.8. The molecule has 4 aromatic rings. The summed E-state index contributed by atoms with van der Waals surface area (Å²) in [6.07, 6.45) is 0. The number of amides is 1. The highest BCUT2D eigenvalue weighted by Gasteiger charge is 2.21. The number of carbonyl (C=O) groups is 1. The predicted octanol–water partition coefficient (Wildman–Crippen LogP) is 6.18. The van der Waals surface area contributed by atoms with Crippen molar-refractivity contribution in [3.63, 3.8) is 0 Å². The Morgan fingerprint density at radius 1 is 0.744 bits per heavy atom. The van der Waals surface area contributed by atoms with Crippen molar-refractivity contribution < 1.29 is 21.6 Å². The van der Waals surface area contributed by atoms with Crippen molar-refractivity contribution in [2.24, 2.45) is 0 Å². The molecule has 4 rings (SSSR count). The topological polar surface area (TPSA) is 113 Å². The first-order valence-corrected chi connectivity index (χ1v) is 15.1. The minimum absolute atomic E-state index is 0.00600. The normalized spacial score (nSPS) is 11.6. The van der Waals surface area contributed by atoms with Gasteiger partial charge in [-0.3, -0.25) is 13.8 Å². The zero-order valence-electron chi connectivity index (χ0n) is 20.7. The van der Waals surface area contributed by atoms with E-state index < -0.39 is 26.0 Å². The molecule has 0 radical (unpaired) electrons.